The summed E-state index contributed by atoms with van der Waals surface area (Å²) in [4.78, 5) is 12.9. The molecule has 0 bridgehead atoms. The molecule has 1 aliphatic rings. The second-order valence-electron chi connectivity index (χ2n) is 6.87. The zero-order valence-corrected chi connectivity index (χ0v) is 15.8. The lowest BCUT2D eigenvalue weighted by molar-refractivity contribution is -0.274. The van der Waals surface area contributed by atoms with E-state index >= 15 is 0 Å². The number of anilines is 1. The summed E-state index contributed by atoms with van der Waals surface area (Å²) in [5.41, 5.74) is -0.786. The van der Waals surface area contributed by atoms with E-state index in [4.69, 9.17) is 0 Å². The van der Waals surface area contributed by atoms with Crippen molar-refractivity contribution in [3.05, 3.63) is 47.1 Å². The number of aromatic nitrogens is 2. The fraction of sp³-hybridized carbons (Fsp3) is 0.368. The number of benzene rings is 1. The number of thiophene rings is 1. The number of alkyl halides is 3. The number of fused-ring (bicyclic) bond motifs is 1. The zero-order valence-electron chi connectivity index (χ0n) is 15.0. The summed E-state index contributed by atoms with van der Waals surface area (Å²) in [7, 11) is 0. The third-order valence-corrected chi connectivity index (χ3v) is 5.89. The molecule has 0 aliphatic carbocycles. The zero-order chi connectivity index (χ0) is 19.9. The standard InChI is InChI=1S/C19H18F3N3O2S/c1-12-9-15-16(23-11-24-17(15)28-12)25-7-5-18(26,6-8-25)13-3-2-4-14(10-13)27-19(20,21)22/h2-4,9-11,26H,5-8H2,1H3. The Kier molecular flexibility index (Phi) is 4.67. The number of hydrogen-bond donors (Lipinski definition) is 1. The van der Waals surface area contributed by atoms with Gasteiger partial charge in [-0.1, -0.05) is 12.1 Å². The van der Waals surface area contributed by atoms with E-state index in [1.807, 2.05) is 13.0 Å². The van der Waals surface area contributed by atoms with E-state index in [9.17, 15) is 18.3 Å². The molecule has 1 fully saturated rings. The fourth-order valence-electron chi connectivity index (χ4n) is 3.58. The van der Waals surface area contributed by atoms with Crippen LogP contribution in [0.5, 0.6) is 5.75 Å². The summed E-state index contributed by atoms with van der Waals surface area (Å²) in [5.74, 6) is 0.498. The van der Waals surface area contributed by atoms with Crippen LogP contribution in [-0.2, 0) is 5.60 Å². The molecule has 0 radical (unpaired) electrons. The van der Waals surface area contributed by atoms with Crippen LogP contribution in [0.2, 0.25) is 0 Å². The van der Waals surface area contributed by atoms with Crippen molar-refractivity contribution in [1.82, 2.24) is 9.97 Å². The first-order valence-corrected chi connectivity index (χ1v) is 9.60. The molecule has 3 heterocycles. The average Bonchev–Trinajstić information content (AvgIpc) is 3.01. The van der Waals surface area contributed by atoms with Crippen LogP contribution >= 0.6 is 11.3 Å². The molecule has 0 amide bonds. The summed E-state index contributed by atoms with van der Waals surface area (Å²) >= 11 is 1.60. The van der Waals surface area contributed by atoms with Crippen LogP contribution in [0.4, 0.5) is 19.0 Å². The van der Waals surface area contributed by atoms with Gasteiger partial charge in [0.1, 0.15) is 22.7 Å². The minimum Gasteiger partial charge on any atom is -0.406 e. The Hall–Kier alpha value is -2.39. The largest absolute Gasteiger partial charge is 0.573 e. The first-order valence-electron chi connectivity index (χ1n) is 8.78. The summed E-state index contributed by atoms with van der Waals surface area (Å²) < 4.78 is 41.4. The highest BCUT2D eigenvalue weighted by atomic mass is 32.1. The molecule has 1 N–H and O–H groups in total. The molecule has 1 aliphatic heterocycles. The molecule has 0 atom stereocenters. The molecule has 0 unspecified atom stereocenters. The van der Waals surface area contributed by atoms with Gasteiger partial charge in [-0.15, -0.1) is 24.5 Å². The highest BCUT2D eigenvalue weighted by molar-refractivity contribution is 7.18. The van der Waals surface area contributed by atoms with Crippen LogP contribution < -0.4 is 9.64 Å². The Bertz CT molecular complexity index is 997. The first-order chi connectivity index (χ1) is 13.2. The van der Waals surface area contributed by atoms with Crippen LogP contribution in [0.25, 0.3) is 10.2 Å². The number of hydrogen-bond acceptors (Lipinski definition) is 6. The van der Waals surface area contributed by atoms with Gasteiger partial charge in [0.05, 0.1) is 11.0 Å². The molecule has 0 spiro atoms. The predicted molar refractivity (Wildman–Crippen MR) is 101 cm³/mol. The summed E-state index contributed by atoms with van der Waals surface area (Å²) in [6, 6.07) is 7.63. The Morgan fingerprint density at radius 3 is 2.64 bits per heavy atom. The lowest BCUT2D eigenvalue weighted by Crippen LogP contribution is -2.43. The highest BCUT2D eigenvalue weighted by Gasteiger charge is 2.36. The molecule has 3 aromatic rings. The average molecular weight is 409 g/mol. The van der Waals surface area contributed by atoms with Gasteiger partial charge in [-0.2, -0.15) is 0 Å². The fourth-order valence-corrected chi connectivity index (χ4v) is 4.42. The van der Waals surface area contributed by atoms with E-state index in [1.54, 1.807) is 17.4 Å². The van der Waals surface area contributed by atoms with E-state index in [0.29, 0.717) is 31.5 Å². The third kappa shape index (κ3) is 3.77. The second-order valence-corrected chi connectivity index (χ2v) is 8.10. The van der Waals surface area contributed by atoms with Crippen molar-refractivity contribution in [2.75, 3.05) is 18.0 Å². The van der Waals surface area contributed by atoms with Crippen LogP contribution in [-0.4, -0.2) is 34.5 Å². The second kappa shape index (κ2) is 6.89. The molecule has 1 saturated heterocycles. The van der Waals surface area contributed by atoms with E-state index in [0.717, 1.165) is 20.9 Å². The van der Waals surface area contributed by atoms with E-state index in [-0.39, 0.29) is 5.75 Å². The van der Waals surface area contributed by atoms with E-state index in [1.165, 1.54) is 24.5 Å². The third-order valence-electron chi connectivity index (χ3n) is 4.93. The summed E-state index contributed by atoms with van der Waals surface area (Å²) in [6.45, 7) is 3.07. The number of aliphatic hydroxyl groups is 1. The molecule has 2 aromatic heterocycles. The van der Waals surface area contributed by atoms with Gasteiger partial charge in [-0.3, -0.25) is 0 Å². The maximum atomic E-state index is 12.5. The topological polar surface area (TPSA) is 58.5 Å². The maximum Gasteiger partial charge on any atom is 0.573 e. The Morgan fingerprint density at radius 1 is 1.18 bits per heavy atom. The molecule has 1 aromatic carbocycles. The quantitative estimate of drug-likeness (QED) is 0.696. The number of ether oxygens (including phenoxy) is 1. The summed E-state index contributed by atoms with van der Waals surface area (Å²) in [5, 5.41) is 12.0. The number of aryl methyl sites for hydroxylation is 1. The SMILES string of the molecule is Cc1cc2c(N3CCC(O)(c4cccc(OC(F)(F)F)c4)CC3)ncnc2s1. The van der Waals surface area contributed by atoms with Crippen molar-refractivity contribution in [3.63, 3.8) is 0 Å². The lowest BCUT2D eigenvalue weighted by Gasteiger charge is -2.39. The van der Waals surface area contributed by atoms with Crippen LogP contribution in [0.1, 0.15) is 23.3 Å². The van der Waals surface area contributed by atoms with Crippen LogP contribution in [0, 0.1) is 6.92 Å². The van der Waals surface area contributed by atoms with E-state index < -0.39 is 12.0 Å². The molecule has 0 saturated carbocycles. The van der Waals surface area contributed by atoms with Gasteiger partial charge >= 0.3 is 6.36 Å². The number of nitrogens with zero attached hydrogens (tertiary/aromatic N) is 3. The molecule has 148 valence electrons. The normalized spacial score (nSPS) is 17.1. The molecular weight excluding hydrogens is 391 g/mol. The van der Waals surface area contributed by atoms with Gasteiger partial charge in [0.15, 0.2) is 0 Å². The predicted octanol–water partition coefficient (Wildman–Crippen LogP) is 4.39. The van der Waals surface area contributed by atoms with Gasteiger partial charge in [0.2, 0.25) is 0 Å². The molecule has 5 nitrogen and oxygen atoms in total. The minimum atomic E-state index is -4.76. The van der Waals surface area contributed by atoms with Gasteiger partial charge in [0, 0.05) is 18.0 Å². The van der Waals surface area contributed by atoms with Gasteiger partial charge in [-0.05, 0) is 43.5 Å². The van der Waals surface area contributed by atoms with Gasteiger partial charge < -0.3 is 14.7 Å². The molecular formula is C19H18F3N3O2S. The molecule has 28 heavy (non-hydrogen) atoms. The minimum absolute atomic E-state index is 0.327. The van der Waals surface area contributed by atoms with Crippen molar-refractivity contribution >= 4 is 27.4 Å². The van der Waals surface area contributed by atoms with Crippen molar-refractivity contribution < 1.29 is 23.0 Å². The van der Waals surface area contributed by atoms with Crippen LogP contribution in [0.15, 0.2) is 36.7 Å². The van der Waals surface area contributed by atoms with Gasteiger partial charge in [0.25, 0.3) is 0 Å². The Labute approximate surface area is 163 Å². The van der Waals surface area contributed by atoms with Crippen LogP contribution in [0.3, 0.4) is 0 Å². The smallest absolute Gasteiger partial charge is 0.406 e. The van der Waals surface area contributed by atoms with Crippen molar-refractivity contribution in [1.29, 1.82) is 0 Å². The molecule has 9 heteroatoms. The Balaban J connectivity index is 1.54. The van der Waals surface area contributed by atoms with Crippen molar-refractivity contribution in [3.8, 4) is 5.75 Å². The number of rotatable bonds is 3. The van der Waals surface area contributed by atoms with Crippen molar-refractivity contribution in [2.45, 2.75) is 31.7 Å². The maximum absolute atomic E-state index is 12.5. The first kappa shape index (κ1) is 18.9. The van der Waals surface area contributed by atoms with Gasteiger partial charge in [-0.25, -0.2) is 9.97 Å². The summed E-state index contributed by atoms with van der Waals surface area (Å²) in [6.07, 6.45) is -2.48. The Morgan fingerprint density at radius 2 is 1.93 bits per heavy atom. The lowest BCUT2D eigenvalue weighted by atomic mass is 9.84. The molecule has 4 rings (SSSR count). The van der Waals surface area contributed by atoms with E-state index in [2.05, 4.69) is 19.6 Å². The number of halogens is 3. The number of piperidine rings is 1. The van der Waals surface area contributed by atoms with Crippen molar-refractivity contribution in [2.24, 2.45) is 0 Å². The highest BCUT2D eigenvalue weighted by Crippen LogP contribution is 2.38. The monoisotopic (exact) mass is 409 g/mol.